The van der Waals surface area contributed by atoms with E-state index in [4.69, 9.17) is 13.8 Å². The van der Waals surface area contributed by atoms with Crippen LogP contribution in [0, 0.1) is 0 Å². The lowest BCUT2D eigenvalue weighted by Gasteiger charge is -2.40. The molecule has 0 fully saturated rings. The second-order valence-electron chi connectivity index (χ2n) is 10.4. The van der Waals surface area contributed by atoms with Crippen molar-refractivity contribution >= 4 is 7.51 Å². The first-order valence-electron chi connectivity index (χ1n) is 13.2. The van der Waals surface area contributed by atoms with Crippen LogP contribution in [0.2, 0.25) is 0 Å². The monoisotopic (exact) mass is 467 g/mol. The number of para-hydroxylation sites is 2. The number of nitrogens with zero attached hydrogens (tertiary/aromatic N) is 1. The highest BCUT2D eigenvalue weighted by atomic mass is 31.2. The Bertz CT molecular complexity index is 901. The summed E-state index contributed by atoms with van der Waals surface area (Å²) in [5, 5.41) is -0.151. The molecule has 0 saturated heterocycles. The van der Waals surface area contributed by atoms with Gasteiger partial charge in [-0.3, -0.25) is 0 Å². The molecule has 2 aromatic rings. The molecule has 3 nitrogen and oxygen atoms in total. The smallest absolute Gasteiger partial charge is 0.320 e. The van der Waals surface area contributed by atoms with E-state index in [9.17, 15) is 0 Å². The third-order valence-corrected chi connectivity index (χ3v) is 10.5. The first kappa shape index (κ1) is 24.4. The largest absolute Gasteiger partial charge is 0.429 e. The highest BCUT2D eigenvalue weighted by molar-refractivity contribution is 7.59. The van der Waals surface area contributed by atoms with Gasteiger partial charge < -0.3 is 9.05 Å². The molecule has 4 heteroatoms. The van der Waals surface area contributed by atoms with Gasteiger partial charge in [-0.25, -0.2) is 4.74 Å². The Hall–Kier alpha value is -1.73. The molecule has 0 N–H and O–H groups in total. The van der Waals surface area contributed by atoms with Gasteiger partial charge in [-0.15, -0.1) is 0 Å². The maximum absolute atomic E-state index is 6.96. The molecule has 0 bridgehead atoms. The van der Waals surface area contributed by atoms with Crippen molar-refractivity contribution in [3.8, 4) is 11.5 Å². The Morgan fingerprint density at radius 2 is 1.09 bits per heavy atom. The van der Waals surface area contributed by atoms with Crippen LogP contribution in [0.15, 0.2) is 53.3 Å². The molecule has 0 saturated carbocycles. The first-order valence-corrected chi connectivity index (χ1v) is 14.8. The van der Waals surface area contributed by atoms with Gasteiger partial charge in [0.25, 0.3) is 0 Å². The summed E-state index contributed by atoms with van der Waals surface area (Å²) in [6, 6.07) is 17.0. The van der Waals surface area contributed by atoms with Crippen molar-refractivity contribution in [3.63, 3.8) is 0 Å². The van der Waals surface area contributed by atoms with Crippen LogP contribution in [0.3, 0.4) is 0 Å². The molecule has 2 aromatic carbocycles. The molecule has 0 aromatic heterocycles. The van der Waals surface area contributed by atoms with Crippen LogP contribution >= 0.6 is 7.51 Å². The van der Waals surface area contributed by atoms with E-state index in [-0.39, 0.29) is 5.16 Å². The molecule has 0 radical (unpaired) electrons. The van der Waals surface area contributed by atoms with Gasteiger partial charge >= 0.3 is 7.51 Å². The van der Waals surface area contributed by atoms with Crippen molar-refractivity contribution in [3.05, 3.63) is 59.7 Å². The normalized spacial score (nSPS) is 21.8. The van der Waals surface area contributed by atoms with Crippen molar-refractivity contribution in [2.24, 2.45) is 4.74 Å². The zero-order valence-corrected chi connectivity index (χ0v) is 21.6. The van der Waals surface area contributed by atoms with Crippen molar-refractivity contribution in [2.45, 2.75) is 102 Å². The van der Waals surface area contributed by atoms with Gasteiger partial charge in [-0.2, -0.15) is 0 Å². The fourth-order valence-corrected chi connectivity index (χ4v) is 7.83. The van der Waals surface area contributed by atoms with Crippen molar-refractivity contribution in [2.75, 3.05) is 6.54 Å². The summed E-state index contributed by atoms with van der Waals surface area (Å²) < 4.78 is 19.3. The van der Waals surface area contributed by atoms with Gasteiger partial charge in [0.05, 0.1) is 5.16 Å². The Balaban J connectivity index is 1.72. The lowest BCUT2D eigenvalue weighted by molar-refractivity contribution is 0.401. The molecule has 0 aliphatic carbocycles. The highest BCUT2D eigenvalue weighted by Crippen LogP contribution is 2.65. The van der Waals surface area contributed by atoms with Gasteiger partial charge in [0, 0.05) is 13.0 Å². The number of rotatable bonds is 0. The van der Waals surface area contributed by atoms with E-state index >= 15 is 0 Å². The summed E-state index contributed by atoms with van der Waals surface area (Å²) in [6.45, 7) is 5.49. The molecule has 180 valence electrons. The van der Waals surface area contributed by atoms with Crippen LogP contribution in [-0.2, 0) is 6.42 Å². The minimum atomic E-state index is -2.59. The van der Waals surface area contributed by atoms with Gasteiger partial charge in [-0.05, 0) is 49.9 Å². The zero-order chi connectivity index (χ0) is 23.0. The summed E-state index contributed by atoms with van der Waals surface area (Å²) >= 11 is 0. The van der Waals surface area contributed by atoms with Gasteiger partial charge in [-0.1, -0.05) is 101 Å². The Labute approximate surface area is 201 Å². The molecular formula is C29H42NO2P. The predicted octanol–water partition coefficient (Wildman–Crippen LogP) is 9.55. The molecule has 2 aliphatic rings. The van der Waals surface area contributed by atoms with Gasteiger partial charge in [0.15, 0.2) is 0 Å². The maximum atomic E-state index is 6.96. The molecule has 4 rings (SSSR count). The second kappa shape index (κ2) is 11.6. The fraction of sp³-hybridized carbons (Fsp3) is 0.586. The Morgan fingerprint density at radius 1 is 0.636 bits per heavy atom. The van der Waals surface area contributed by atoms with E-state index in [0.29, 0.717) is 0 Å². The summed E-state index contributed by atoms with van der Waals surface area (Å²) in [6.07, 6.45) is 16.4. The molecule has 0 unspecified atom stereocenters. The summed E-state index contributed by atoms with van der Waals surface area (Å²) in [5.74, 6) is 1.90. The fourth-order valence-electron chi connectivity index (χ4n) is 5.07. The summed E-state index contributed by atoms with van der Waals surface area (Å²) in [5.41, 5.74) is 2.46. The lowest BCUT2D eigenvalue weighted by Crippen LogP contribution is -2.28. The molecule has 2 heterocycles. The van der Waals surface area contributed by atoms with Crippen LogP contribution in [0.25, 0.3) is 0 Å². The number of fused-ring (bicyclic) bond motifs is 2. The standard InChI is InChI=1S/C29H42NO2P/c1-29(2)22-16-10-8-6-4-3-5-7-9-11-17-23-30-33(29)31-27-20-14-12-18-25(27)24-26-19-13-15-21-28(26)32-33/h12-15,18-21H,3-11,16-17,22-24H2,1-2H3. The second-order valence-corrected chi connectivity index (χ2v) is 13.3. The SMILES string of the molecule is CC1(C)CCCCCCCCCCCCCN=P12Oc1ccccc1Cc1ccccc1O2. The molecule has 0 atom stereocenters. The van der Waals surface area contributed by atoms with Crippen LogP contribution < -0.4 is 9.05 Å². The minimum Gasteiger partial charge on any atom is -0.429 e. The molecule has 1 spiro atoms. The molecule has 2 aliphatic heterocycles. The number of hydrogen-bond donors (Lipinski definition) is 0. The van der Waals surface area contributed by atoms with Gasteiger partial charge in [0.2, 0.25) is 0 Å². The third-order valence-electron chi connectivity index (χ3n) is 7.27. The summed E-state index contributed by atoms with van der Waals surface area (Å²) in [4.78, 5) is 0. The van der Waals surface area contributed by atoms with Crippen LogP contribution in [0.1, 0.15) is 102 Å². The van der Waals surface area contributed by atoms with Gasteiger partial charge in [0.1, 0.15) is 11.5 Å². The zero-order valence-electron chi connectivity index (χ0n) is 20.7. The van der Waals surface area contributed by atoms with Crippen molar-refractivity contribution in [1.29, 1.82) is 0 Å². The average molecular weight is 468 g/mol. The van der Waals surface area contributed by atoms with E-state index in [1.54, 1.807) is 0 Å². The van der Waals surface area contributed by atoms with Crippen LogP contribution in [0.4, 0.5) is 0 Å². The molecular weight excluding hydrogens is 425 g/mol. The predicted molar refractivity (Wildman–Crippen MR) is 141 cm³/mol. The van der Waals surface area contributed by atoms with E-state index in [2.05, 4.69) is 62.4 Å². The quantitative estimate of drug-likeness (QED) is 0.361. The van der Waals surface area contributed by atoms with Crippen molar-refractivity contribution < 1.29 is 9.05 Å². The molecule has 33 heavy (non-hydrogen) atoms. The first-order chi connectivity index (χ1) is 16.1. The van der Waals surface area contributed by atoms with E-state index in [1.165, 1.54) is 75.3 Å². The van der Waals surface area contributed by atoms with Crippen molar-refractivity contribution in [1.82, 2.24) is 0 Å². The molecule has 0 amide bonds. The summed E-state index contributed by atoms with van der Waals surface area (Å²) in [7, 11) is -2.59. The topological polar surface area (TPSA) is 30.8 Å². The maximum Gasteiger partial charge on any atom is 0.320 e. The van der Waals surface area contributed by atoms with Crippen LogP contribution in [0.5, 0.6) is 11.5 Å². The van der Waals surface area contributed by atoms with Crippen LogP contribution in [-0.4, -0.2) is 11.7 Å². The average Bonchev–Trinajstić information content (AvgIpc) is 2.79. The minimum absolute atomic E-state index is 0.151. The highest BCUT2D eigenvalue weighted by Gasteiger charge is 2.44. The number of hydrogen-bond acceptors (Lipinski definition) is 3. The Morgan fingerprint density at radius 3 is 1.64 bits per heavy atom. The lowest BCUT2D eigenvalue weighted by atomic mass is 10.0. The Kier molecular flexibility index (Phi) is 8.58. The number of benzene rings is 2. The van der Waals surface area contributed by atoms with E-state index in [0.717, 1.165) is 37.3 Å². The van der Waals surface area contributed by atoms with E-state index in [1.807, 2.05) is 0 Å². The third kappa shape index (κ3) is 6.24. The van der Waals surface area contributed by atoms with E-state index < -0.39 is 7.51 Å².